The van der Waals surface area contributed by atoms with Gasteiger partial charge in [-0.05, 0) is 39.4 Å². The predicted octanol–water partition coefficient (Wildman–Crippen LogP) is 2.74. The van der Waals surface area contributed by atoms with E-state index in [1.165, 1.54) is 11.1 Å². The number of fused-ring (bicyclic) bond motifs is 1. The molecule has 3 nitrogen and oxygen atoms in total. The molecule has 1 aromatic carbocycles. The van der Waals surface area contributed by atoms with E-state index in [2.05, 4.69) is 50.9 Å². The Hall–Kier alpha value is -1.06. The molecule has 1 aliphatic rings. The molecule has 1 aromatic rings. The Labute approximate surface area is 116 Å². The number of para-hydroxylation sites is 1. The fourth-order valence-corrected chi connectivity index (χ4v) is 2.95. The molecule has 0 fully saturated rings. The van der Waals surface area contributed by atoms with Gasteiger partial charge >= 0.3 is 0 Å². The van der Waals surface area contributed by atoms with Crippen molar-refractivity contribution in [2.24, 2.45) is 5.73 Å². The summed E-state index contributed by atoms with van der Waals surface area (Å²) in [5.74, 6) is 1.06. The molecular formula is C16H26N2O. The molecule has 0 aromatic heterocycles. The Morgan fingerprint density at radius 1 is 1.42 bits per heavy atom. The first-order valence-electron chi connectivity index (χ1n) is 7.19. The molecule has 19 heavy (non-hydrogen) atoms. The number of ether oxygens (including phenoxy) is 1. The van der Waals surface area contributed by atoms with Crippen LogP contribution >= 0.6 is 0 Å². The van der Waals surface area contributed by atoms with Crippen molar-refractivity contribution >= 4 is 0 Å². The second-order valence-corrected chi connectivity index (χ2v) is 6.11. The van der Waals surface area contributed by atoms with Crippen molar-refractivity contribution in [3.05, 3.63) is 29.3 Å². The molecule has 1 atom stereocenters. The van der Waals surface area contributed by atoms with Gasteiger partial charge in [-0.2, -0.15) is 0 Å². The van der Waals surface area contributed by atoms with E-state index in [-0.39, 0.29) is 11.6 Å². The van der Waals surface area contributed by atoms with Gasteiger partial charge in [-0.3, -0.25) is 4.90 Å². The lowest BCUT2D eigenvalue weighted by atomic mass is 9.97. The number of nitrogens with two attached hydrogens (primary N) is 1. The molecule has 1 unspecified atom stereocenters. The third kappa shape index (κ3) is 2.93. The zero-order chi connectivity index (χ0) is 14.0. The summed E-state index contributed by atoms with van der Waals surface area (Å²) in [6.07, 6.45) is 2.11. The van der Waals surface area contributed by atoms with Crippen molar-refractivity contribution in [3.8, 4) is 5.75 Å². The average molecular weight is 262 g/mol. The second-order valence-electron chi connectivity index (χ2n) is 6.11. The van der Waals surface area contributed by atoms with E-state index in [0.29, 0.717) is 6.54 Å². The van der Waals surface area contributed by atoms with Crippen LogP contribution in [0.5, 0.6) is 5.75 Å². The van der Waals surface area contributed by atoms with Crippen molar-refractivity contribution in [1.82, 2.24) is 4.90 Å². The van der Waals surface area contributed by atoms with E-state index in [9.17, 15) is 0 Å². The maximum absolute atomic E-state index is 6.15. The summed E-state index contributed by atoms with van der Waals surface area (Å²) in [5, 5.41) is 0. The van der Waals surface area contributed by atoms with Gasteiger partial charge in [0.1, 0.15) is 11.4 Å². The highest BCUT2D eigenvalue weighted by atomic mass is 16.5. The van der Waals surface area contributed by atoms with Gasteiger partial charge in [0.15, 0.2) is 0 Å². The summed E-state index contributed by atoms with van der Waals surface area (Å²) in [7, 11) is 2.14. The quantitative estimate of drug-likeness (QED) is 0.886. The Kier molecular flexibility index (Phi) is 4.16. The molecule has 1 heterocycles. The smallest absolute Gasteiger partial charge is 0.128 e. The van der Waals surface area contributed by atoms with Crippen molar-refractivity contribution < 1.29 is 4.74 Å². The monoisotopic (exact) mass is 262 g/mol. The zero-order valence-electron chi connectivity index (χ0n) is 12.6. The lowest BCUT2D eigenvalue weighted by molar-refractivity contribution is 0.133. The SMILES string of the molecule is CCCN(C)C(CN)c1cccc2c1OC(C)(C)C2. The van der Waals surface area contributed by atoms with Crippen molar-refractivity contribution in [3.63, 3.8) is 0 Å². The van der Waals surface area contributed by atoms with Gasteiger partial charge < -0.3 is 10.5 Å². The fourth-order valence-electron chi connectivity index (χ4n) is 2.95. The minimum atomic E-state index is -0.0963. The third-order valence-corrected chi connectivity index (χ3v) is 3.81. The molecule has 0 saturated carbocycles. The van der Waals surface area contributed by atoms with Crippen LogP contribution in [0.15, 0.2) is 18.2 Å². The Balaban J connectivity index is 2.33. The third-order valence-electron chi connectivity index (χ3n) is 3.81. The predicted molar refractivity (Wildman–Crippen MR) is 79.6 cm³/mol. The molecule has 0 amide bonds. The van der Waals surface area contributed by atoms with Gasteiger partial charge in [-0.1, -0.05) is 25.1 Å². The van der Waals surface area contributed by atoms with E-state index in [0.717, 1.165) is 25.1 Å². The molecular weight excluding hydrogens is 236 g/mol. The number of nitrogens with zero attached hydrogens (tertiary/aromatic N) is 1. The van der Waals surface area contributed by atoms with Crippen LogP contribution in [0.4, 0.5) is 0 Å². The lowest BCUT2D eigenvalue weighted by Crippen LogP contribution is -2.32. The van der Waals surface area contributed by atoms with Crippen LogP contribution in [0.2, 0.25) is 0 Å². The average Bonchev–Trinajstić information content (AvgIpc) is 2.65. The number of rotatable bonds is 5. The van der Waals surface area contributed by atoms with E-state index < -0.39 is 0 Å². The first-order valence-corrected chi connectivity index (χ1v) is 7.19. The molecule has 2 rings (SSSR count). The molecule has 3 heteroatoms. The van der Waals surface area contributed by atoms with Crippen LogP contribution in [-0.2, 0) is 6.42 Å². The minimum absolute atomic E-state index is 0.0963. The first-order chi connectivity index (χ1) is 8.98. The maximum Gasteiger partial charge on any atom is 0.128 e. The van der Waals surface area contributed by atoms with Gasteiger partial charge in [-0.15, -0.1) is 0 Å². The van der Waals surface area contributed by atoms with Crippen LogP contribution < -0.4 is 10.5 Å². The maximum atomic E-state index is 6.15. The lowest BCUT2D eigenvalue weighted by Gasteiger charge is -2.28. The first kappa shape index (κ1) is 14.4. The molecule has 0 saturated heterocycles. The van der Waals surface area contributed by atoms with Gasteiger partial charge in [-0.25, -0.2) is 0 Å². The highest BCUT2D eigenvalue weighted by Crippen LogP contribution is 2.40. The molecule has 0 radical (unpaired) electrons. The van der Waals surface area contributed by atoms with Gasteiger partial charge in [0, 0.05) is 18.5 Å². The topological polar surface area (TPSA) is 38.5 Å². The normalized spacial score (nSPS) is 18.2. The summed E-state index contributed by atoms with van der Waals surface area (Å²) in [6, 6.07) is 6.69. The molecule has 106 valence electrons. The van der Waals surface area contributed by atoms with Gasteiger partial charge in [0.25, 0.3) is 0 Å². The van der Waals surface area contributed by atoms with Gasteiger partial charge in [0.2, 0.25) is 0 Å². The molecule has 1 aliphatic heterocycles. The Bertz CT molecular complexity index is 442. The summed E-state index contributed by atoms with van der Waals surface area (Å²) in [6.45, 7) is 8.15. The highest BCUT2D eigenvalue weighted by Gasteiger charge is 2.33. The minimum Gasteiger partial charge on any atom is -0.487 e. The Morgan fingerprint density at radius 3 is 2.79 bits per heavy atom. The number of likely N-dealkylation sites (N-methyl/N-ethyl adjacent to an activating group) is 1. The largest absolute Gasteiger partial charge is 0.487 e. The van der Waals surface area contributed by atoms with E-state index in [1.807, 2.05) is 0 Å². The van der Waals surface area contributed by atoms with Crippen LogP contribution in [0, 0.1) is 0 Å². The summed E-state index contributed by atoms with van der Waals surface area (Å²) in [5.41, 5.74) is 8.45. The molecule has 0 aliphatic carbocycles. The number of benzene rings is 1. The zero-order valence-corrected chi connectivity index (χ0v) is 12.6. The van der Waals surface area contributed by atoms with E-state index >= 15 is 0 Å². The van der Waals surface area contributed by atoms with Gasteiger partial charge in [0.05, 0.1) is 6.04 Å². The number of hydrogen-bond donors (Lipinski definition) is 1. The van der Waals surface area contributed by atoms with E-state index in [4.69, 9.17) is 10.5 Å². The molecule has 0 bridgehead atoms. The standard InChI is InChI=1S/C16H26N2O/c1-5-9-18(4)14(11-17)13-8-6-7-12-10-16(2,3)19-15(12)13/h6-8,14H,5,9-11,17H2,1-4H3. The van der Waals surface area contributed by atoms with Crippen LogP contribution in [0.3, 0.4) is 0 Å². The Morgan fingerprint density at radius 2 is 2.16 bits per heavy atom. The molecule has 0 spiro atoms. The van der Waals surface area contributed by atoms with Crippen LogP contribution in [0.25, 0.3) is 0 Å². The second kappa shape index (κ2) is 5.51. The van der Waals surface area contributed by atoms with Crippen molar-refractivity contribution in [2.75, 3.05) is 20.1 Å². The highest BCUT2D eigenvalue weighted by molar-refractivity contribution is 5.47. The van der Waals surface area contributed by atoms with Crippen molar-refractivity contribution in [2.45, 2.75) is 45.3 Å². The number of hydrogen-bond acceptors (Lipinski definition) is 3. The van der Waals surface area contributed by atoms with Crippen LogP contribution in [-0.4, -0.2) is 30.6 Å². The van der Waals surface area contributed by atoms with Crippen molar-refractivity contribution in [1.29, 1.82) is 0 Å². The molecule has 2 N–H and O–H groups in total. The summed E-state index contributed by atoms with van der Waals surface area (Å²) in [4.78, 5) is 2.32. The fraction of sp³-hybridized carbons (Fsp3) is 0.625. The van der Waals surface area contributed by atoms with Crippen LogP contribution in [0.1, 0.15) is 44.4 Å². The summed E-state index contributed by atoms with van der Waals surface area (Å²) < 4.78 is 6.15. The van der Waals surface area contributed by atoms with E-state index in [1.54, 1.807) is 0 Å². The summed E-state index contributed by atoms with van der Waals surface area (Å²) >= 11 is 0.